The van der Waals surface area contributed by atoms with Crippen LogP contribution in [0.2, 0.25) is 5.02 Å². The predicted molar refractivity (Wildman–Crippen MR) is 56.7 cm³/mol. The Morgan fingerprint density at radius 1 is 1.57 bits per heavy atom. The van der Waals surface area contributed by atoms with Crippen molar-refractivity contribution in [3.05, 3.63) is 9.90 Å². The smallest absolute Gasteiger partial charge is 0.352 e. The number of hydrogen-bond donors (Lipinski definition) is 1. The first-order valence-corrected chi connectivity index (χ1v) is 5.10. The second kappa shape index (κ2) is 3.74. The fraction of sp³-hybridized carbons (Fsp3) is 0.500. The van der Waals surface area contributed by atoms with Gasteiger partial charge in [0.05, 0.1) is 0 Å². The maximum atomic E-state index is 11.5. The van der Waals surface area contributed by atoms with Crippen LogP contribution in [0.25, 0.3) is 0 Å². The summed E-state index contributed by atoms with van der Waals surface area (Å²) in [5.74, 6) is -0.325. The molecule has 0 aliphatic rings. The van der Waals surface area contributed by atoms with Gasteiger partial charge in [-0.05, 0) is 32.3 Å². The number of carbonyl (C=O) groups is 1. The third-order valence-electron chi connectivity index (χ3n) is 1.24. The van der Waals surface area contributed by atoms with Gasteiger partial charge < -0.3 is 10.5 Å². The summed E-state index contributed by atoms with van der Waals surface area (Å²) in [5.41, 5.74) is 4.86. The molecule has 0 radical (unpaired) electrons. The lowest BCUT2D eigenvalue weighted by Crippen LogP contribution is -2.23. The van der Waals surface area contributed by atoms with Crippen molar-refractivity contribution in [2.45, 2.75) is 26.4 Å². The number of esters is 1. The van der Waals surface area contributed by atoms with Gasteiger partial charge in [0.25, 0.3) is 0 Å². The van der Waals surface area contributed by atoms with E-state index in [9.17, 15) is 4.79 Å². The Morgan fingerprint density at radius 3 is 2.50 bits per heavy atom. The van der Waals surface area contributed by atoms with Crippen molar-refractivity contribution in [3.63, 3.8) is 0 Å². The Bertz CT molecular complexity index is 357. The van der Waals surface area contributed by atoms with Gasteiger partial charge in [-0.2, -0.15) is 4.37 Å². The summed E-state index contributed by atoms with van der Waals surface area (Å²) in [6.45, 7) is 5.34. The molecular formula is C8H11ClN2O2S. The van der Waals surface area contributed by atoms with E-state index in [1.165, 1.54) is 0 Å². The zero-order valence-electron chi connectivity index (χ0n) is 8.13. The first-order chi connectivity index (χ1) is 6.31. The topological polar surface area (TPSA) is 65.2 Å². The van der Waals surface area contributed by atoms with Crippen LogP contribution in [0.4, 0.5) is 5.82 Å². The average molecular weight is 235 g/mol. The van der Waals surface area contributed by atoms with Gasteiger partial charge in [-0.15, -0.1) is 0 Å². The maximum Gasteiger partial charge on any atom is 0.352 e. The van der Waals surface area contributed by atoms with Crippen LogP contribution in [0, 0.1) is 0 Å². The minimum atomic E-state index is -0.542. The molecule has 1 aromatic rings. The number of anilines is 1. The van der Waals surface area contributed by atoms with Crippen LogP contribution in [0.5, 0.6) is 0 Å². The number of halogens is 1. The van der Waals surface area contributed by atoms with E-state index in [1.807, 2.05) is 0 Å². The number of nitrogen functional groups attached to an aromatic ring is 1. The van der Waals surface area contributed by atoms with Crippen LogP contribution in [0.3, 0.4) is 0 Å². The highest BCUT2D eigenvalue weighted by Crippen LogP contribution is 2.28. The third-order valence-corrected chi connectivity index (χ3v) is 2.58. The molecule has 14 heavy (non-hydrogen) atoms. The molecule has 0 spiro atoms. The number of rotatable bonds is 1. The molecule has 78 valence electrons. The Labute approximate surface area is 91.2 Å². The second-order valence-electron chi connectivity index (χ2n) is 3.71. The highest BCUT2D eigenvalue weighted by molar-refractivity contribution is 7.09. The minimum absolute atomic E-state index is 0.164. The van der Waals surface area contributed by atoms with E-state index < -0.39 is 11.6 Å². The molecule has 0 aliphatic heterocycles. The van der Waals surface area contributed by atoms with Crippen molar-refractivity contribution >= 4 is 34.9 Å². The standard InChI is InChI=1S/C8H11ClN2O2S/c1-8(2,3)13-7(12)5-4(9)6(10)11-14-5/h1-3H3,(H2,10,11). The second-order valence-corrected chi connectivity index (χ2v) is 4.86. The Balaban J connectivity index is 2.86. The number of aromatic nitrogens is 1. The minimum Gasteiger partial charge on any atom is -0.456 e. The largest absolute Gasteiger partial charge is 0.456 e. The molecule has 6 heteroatoms. The predicted octanol–water partition coefficient (Wildman–Crippen LogP) is 2.33. The van der Waals surface area contributed by atoms with E-state index in [1.54, 1.807) is 20.8 Å². The number of ether oxygens (including phenoxy) is 1. The molecule has 0 saturated heterocycles. The van der Waals surface area contributed by atoms with Crippen molar-refractivity contribution in [1.82, 2.24) is 4.37 Å². The first-order valence-electron chi connectivity index (χ1n) is 3.95. The fourth-order valence-electron chi connectivity index (χ4n) is 0.743. The van der Waals surface area contributed by atoms with Gasteiger partial charge in [-0.1, -0.05) is 11.6 Å². The van der Waals surface area contributed by atoms with Crippen molar-refractivity contribution in [3.8, 4) is 0 Å². The molecule has 0 aromatic carbocycles. The van der Waals surface area contributed by atoms with E-state index >= 15 is 0 Å². The highest BCUT2D eigenvalue weighted by atomic mass is 35.5. The summed E-state index contributed by atoms with van der Waals surface area (Å²) in [6, 6.07) is 0. The third kappa shape index (κ3) is 2.59. The number of nitrogens with zero attached hydrogens (tertiary/aromatic N) is 1. The lowest BCUT2D eigenvalue weighted by Gasteiger charge is -2.18. The molecular weight excluding hydrogens is 224 g/mol. The summed E-state index contributed by atoms with van der Waals surface area (Å²) in [4.78, 5) is 11.8. The van der Waals surface area contributed by atoms with Crippen molar-refractivity contribution in [1.29, 1.82) is 0 Å². The molecule has 1 rings (SSSR count). The van der Waals surface area contributed by atoms with E-state index in [4.69, 9.17) is 22.1 Å². The molecule has 4 nitrogen and oxygen atoms in total. The average Bonchev–Trinajstić information content (AvgIpc) is 2.29. The zero-order chi connectivity index (χ0) is 10.9. The van der Waals surface area contributed by atoms with E-state index in [-0.39, 0.29) is 15.7 Å². The fourth-order valence-corrected chi connectivity index (χ4v) is 1.60. The van der Waals surface area contributed by atoms with Crippen LogP contribution < -0.4 is 5.73 Å². The lowest BCUT2D eigenvalue weighted by atomic mass is 10.2. The zero-order valence-corrected chi connectivity index (χ0v) is 9.70. The molecule has 2 N–H and O–H groups in total. The molecule has 0 saturated carbocycles. The van der Waals surface area contributed by atoms with Crippen LogP contribution in [-0.4, -0.2) is 15.9 Å². The van der Waals surface area contributed by atoms with E-state index in [2.05, 4.69) is 4.37 Å². The monoisotopic (exact) mass is 234 g/mol. The summed E-state index contributed by atoms with van der Waals surface area (Å²) >= 11 is 6.70. The summed E-state index contributed by atoms with van der Waals surface area (Å²) in [5, 5.41) is 0.171. The van der Waals surface area contributed by atoms with Gasteiger partial charge in [-0.3, -0.25) is 0 Å². The van der Waals surface area contributed by atoms with Crippen LogP contribution >= 0.6 is 23.1 Å². The molecule has 1 heterocycles. The van der Waals surface area contributed by atoms with Gasteiger partial charge in [0.2, 0.25) is 0 Å². The van der Waals surface area contributed by atoms with Gasteiger partial charge in [0.15, 0.2) is 10.7 Å². The highest BCUT2D eigenvalue weighted by Gasteiger charge is 2.23. The molecule has 0 unspecified atom stereocenters. The molecule has 0 aliphatic carbocycles. The molecule has 0 bridgehead atoms. The quantitative estimate of drug-likeness (QED) is 0.758. The van der Waals surface area contributed by atoms with Crippen molar-refractivity contribution in [2.75, 3.05) is 5.73 Å². The summed E-state index contributed by atoms with van der Waals surface area (Å²) in [6.07, 6.45) is 0. The van der Waals surface area contributed by atoms with Gasteiger partial charge in [0, 0.05) is 0 Å². The van der Waals surface area contributed by atoms with Gasteiger partial charge >= 0.3 is 5.97 Å². The number of nitrogens with two attached hydrogens (primary N) is 1. The summed E-state index contributed by atoms with van der Waals surface area (Å²) in [7, 11) is 0. The van der Waals surface area contributed by atoms with E-state index in [0.717, 1.165) is 11.5 Å². The lowest BCUT2D eigenvalue weighted by molar-refractivity contribution is 0.00755. The normalized spacial score (nSPS) is 11.4. The summed E-state index contributed by atoms with van der Waals surface area (Å²) < 4.78 is 8.86. The number of carbonyl (C=O) groups excluding carboxylic acids is 1. The molecule has 0 amide bonds. The van der Waals surface area contributed by atoms with Crippen molar-refractivity contribution < 1.29 is 9.53 Å². The van der Waals surface area contributed by atoms with Gasteiger partial charge in [0.1, 0.15) is 10.6 Å². The first kappa shape index (κ1) is 11.3. The number of hydrogen-bond acceptors (Lipinski definition) is 5. The molecule has 0 fully saturated rings. The molecule has 0 atom stereocenters. The van der Waals surface area contributed by atoms with E-state index in [0.29, 0.717) is 0 Å². The Kier molecular flexibility index (Phi) is 3.01. The van der Waals surface area contributed by atoms with Crippen LogP contribution in [0.15, 0.2) is 0 Å². The van der Waals surface area contributed by atoms with Crippen LogP contribution in [-0.2, 0) is 4.74 Å². The molecule has 1 aromatic heterocycles. The maximum absolute atomic E-state index is 11.5. The Morgan fingerprint density at radius 2 is 2.14 bits per heavy atom. The van der Waals surface area contributed by atoms with Gasteiger partial charge in [-0.25, -0.2) is 4.79 Å². The SMILES string of the molecule is CC(C)(C)OC(=O)c1snc(N)c1Cl. The van der Waals surface area contributed by atoms with Crippen LogP contribution in [0.1, 0.15) is 30.4 Å². The Hall–Kier alpha value is -0.810. The van der Waals surface area contributed by atoms with Crippen molar-refractivity contribution in [2.24, 2.45) is 0 Å².